The second kappa shape index (κ2) is 11.0. The molecule has 0 saturated heterocycles. The molecule has 5 N–H and O–H groups in total. The number of aromatic nitrogens is 1. The van der Waals surface area contributed by atoms with Crippen molar-refractivity contribution in [1.29, 1.82) is 5.41 Å². The molecule has 1 amide bonds. The van der Waals surface area contributed by atoms with Gasteiger partial charge in [-0.3, -0.25) is 10.2 Å². The number of amides is 1. The second-order valence-corrected chi connectivity index (χ2v) is 6.62. The van der Waals surface area contributed by atoms with Crippen LogP contribution in [0.3, 0.4) is 0 Å². The Morgan fingerprint density at radius 3 is 2.58 bits per heavy atom. The van der Waals surface area contributed by atoms with Gasteiger partial charge in [0.15, 0.2) is 0 Å². The molecule has 1 heterocycles. The highest BCUT2D eigenvalue weighted by molar-refractivity contribution is 6.32. The van der Waals surface area contributed by atoms with Gasteiger partial charge in [-0.1, -0.05) is 11.6 Å². The van der Waals surface area contributed by atoms with E-state index in [0.717, 1.165) is 6.20 Å². The predicted molar refractivity (Wildman–Crippen MR) is 113 cm³/mol. The molecule has 2 rings (SSSR count). The number of carboxylic acids is 1. The van der Waals surface area contributed by atoms with Crippen LogP contribution in [0.5, 0.6) is 17.4 Å². The molecule has 1 aromatic carbocycles. The Morgan fingerprint density at radius 1 is 1.26 bits per heavy atom. The van der Waals surface area contributed by atoms with Crippen LogP contribution in [-0.2, 0) is 0 Å². The molecule has 0 spiro atoms. The van der Waals surface area contributed by atoms with E-state index in [-0.39, 0.29) is 46.0 Å². The maximum Gasteiger partial charge on any atom is 0.337 e. The summed E-state index contributed by atoms with van der Waals surface area (Å²) < 4.78 is 11.2. The number of amidine groups is 1. The Morgan fingerprint density at radius 2 is 1.97 bits per heavy atom. The third kappa shape index (κ3) is 6.98. The molecule has 0 unspecified atom stereocenters. The van der Waals surface area contributed by atoms with Crippen LogP contribution in [-0.4, -0.2) is 52.7 Å². The van der Waals surface area contributed by atoms with Crippen LogP contribution in [0.1, 0.15) is 27.6 Å². The number of aliphatic hydroxyl groups is 1. The van der Waals surface area contributed by atoms with Crippen molar-refractivity contribution in [1.82, 2.24) is 15.6 Å². The molecule has 0 aliphatic heterocycles. The molecule has 0 aliphatic rings. The van der Waals surface area contributed by atoms with E-state index in [9.17, 15) is 14.7 Å². The number of nitrogens with zero attached hydrogens (tertiary/aromatic N) is 1. The Kier molecular flexibility index (Phi) is 8.35. The van der Waals surface area contributed by atoms with Crippen molar-refractivity contribution >= 4 is 29.3 Å². The number of carbonyl (C=O) groups excluding carboxylic acids is 1. The zero-order valence-electron chi connectivity index (χ0n) is 16.7. The van der Waals surface area contributed by atoms with Gasteiger partial charge in [0.1, 0.15) is 28.5 Å². The number of aromatic carboxylic acids is 1. The Hall–Kier alpha value is -3.63. The average Bonchev–Trinajstić information content (AvgIpc) is 2.73. The summed E-state index contributed by atoms with van der Waals surface area (Å²) in [5.74, 6) is -1.66. The zero-order chi connectivity index (χ0) is 23.0. The van der Waals surface area contributed by atoms with Gasteiger partial charge in [0.2, 0.25) is 5.88 Å². The first-order valence-electron chi connectivity index (χ1n) is 8.96. The maximum absolute atomic E-state index is 12.5. The number of rotatable bonds is 9. The van der Waals surface area contributed by atoms with Crippen LogP contribution < -0.4 is 20.1 Å². The van der Waals surface area contributed by atoms with Gasteiger partial charge in [-0.05, 0) is 37.4 Å². The number of pyridine rings is 1. The fourth-order valence-corrected chi connectivity index (χ4v) is 2.44. The van der Waals surface area contributed by atoms with Crippen molar-refractivity contribution in [2.24, 2.45) is 0 Å². The first-order valence-corrected chi connectivity index (χ1v) is 9.34. The summed E-state index contributed by atoms with van der Waals surface area (Å²) in [6, 6.07) is 5.44. The van der Waals surface area contributed by atoms with Crippen molar-refractivity contribution in [2.45, 2.75) is 13.0 Å². The highest BCUT2D eigenvalue weighted by Gasteiger charge is 2.15. The van der Waals surface area contributed by atoms with Crippen molar-refractivity contribution < 1.29 is 29.3 Å². The highest BCUT2D eigenvalue weighted by Crippen LogP contribution is 2.31. The molecule has 1 atom stereocenters. The fraction of sp³-hybridized carbons (Fsp3) is 0.200. The molecular weight excluding hydrogens is 428 g/mol. The third-order valence-electron chi connectivity index (χ3n) is 3.67. The van der Waals surface area contributed by atoms with Crippen molar-refractivity contribution in [2.75, 3.05) is 13.7 Å². The van der Waals surface area contributed by atoms with Gasteiger partial charge < -0.3 is 30.3 Å². The van der Waals surface area contributed by atoms with E-state index < -0.39 is 18.0 Å². The van der Waals surface area contributed by atoms with Crippen LogP contribution in [0, 0.1) is 5.41 Å². The normalized spacial score (nSPS) is 11.6. The van der Waals surface area contributed by atoms with Crippen molar-refractivity contribution in [3.8, 4) is 17.4 Å². The lowest BCUT2D eigenvalue weighted by Gasteiger charge is -2.15. The van der Waals surface area contributed by atoms with E-state index >= 15 is 0 Å². The monoisotopic (exact) mass is 448 g/mol. The van der Waals surface area contributed by atoms with Gasteiger partial charge in [0.25, 0.3) is 5.91 Å². The minimum atomic E-state index is -1.19. The number of halogens is 1. The molecule has 0 saturated carbocycles. The summed E-state index contributed by atoms with van der Waals surface area (Å²) in [4.78, 5) is 27.5. The molecule has 2 aromatic rings. The van der Waals surface area contributed by atoms with Crippen molar-refractivity contribution in [3.63, 3.8) is 0 Å². The standard InChI is InChI=1S/C20H21ClN4O6/c1-11(10-26)30-14-5-12(18(27)25-17(22)3-4-23-2)6-15(8-14)31-19-16(21)7-13(9-24-19)20(28)29/h3-9,11,23,26H,10H2,1-2H3,(H,28,29)(H2,22,25,27)/b4-3-/t11-/m0/s1. The van der Waals surface area contributed by atoms with Gasteiger partial charge in [-0.2, -0.15) is 0 Å². The number of nitrogens with one attached hydrogen (secondary N) is 3. The highest BCUT2D eigenvalue weighted by atomic mass is 35.5. The third-order valence-corrected chi connectivity index (χ3v) is 3.94. The SMILES string of the molecule is CN/C=C\C(=N)NC(=O)c1cc(Oc2ncc(C(=O)O)cc2Cl)cc(O[C@@H](C)CO)c1. The summed E-state index contributed by atoms with van der Waals surface area (Å²) in [5, 5.41) is 31.1. The molecule has 10 nitrogen and oxygen atoms in total. The summed E-state index contributed by atoms with van der Waals surface area (Å²) >= 11 is 6.05. The second-order valence-electron chi connectivity index (χ2n) is 6.21. The van der Waals surface area contributed by atoms with Crippen LogP contribution in [0.25, 0.3) is 0 Å². The van der Waals surface area contributed by atoms with Gasteiger partial charge in [-0.15, -0.1) is 0 Å². The van der Waals surface area contributed by atoms with Crippen LogP contribution in [0.15, 0.2) is 42.7 Å². The molecule has 1 aromatic heterocycles. The van der Waals surface area contributed by atoms with E-state index in [1.54, 1.807) is 14.0 Å². The predicted octanol–water partition coefficient (Wildman–Crippen LogP) is 2.43. The van der Waals surface area contributed by atoms with Gasteiger partial charge in [-0.25, -0.2) is 9.78 Å². The van der Waals surface area contributed by atoms with Crippen LogP contribution >= 0.6 is 11.6 Å². The fourth-order valence-electron chi connectivity index (χ4n) is 2.23. The molecule has 164 valence electrons. The first kappa shape index (κ1) is 23.6. The number of aliphatic hydroxyl groups excluding tert-OH is 1. The van der Waals surface area contributed by atoms with Gasteiger partial charge >= 0.3 is 5.97 Å². The molecular formula is C20H21ClN4O6. The maximum atomic E-state index is 12.5. The lowest BCUT2D eigenvalue weighted by molar-refractivity contribution is 0.0696. The van der Waals surface area contributed by atoms with E-state index in [2.05, 4.69) is 15.6 Å². The quantitative estimate of drug-likeness (QED) is 0.289. The van der Waals surface area contributed by atoms with E-state index in [1.807, 2.05) is 0 Å². The van der Waals surface area contributed by atoms with Crippen LogP contribution in [0.2, 0.25) is 5.02 Å². The largest absolute Gasteiger partial charge is 0.488 e. The van der Waals surface area contributed by atoms with Crippen molar-refractivity contribution in [3.05, 3.63) is 58.9 Å². The van der Waals surface area contributed by atoms with Crippen LogP contribution in [0.4, 0.5) is 0 Å². The average molecular weight is 449 g/mol. The lowest BCUT2D eigenvalue weighted by Crippen LogP contribution is -2.28. The number of ether oxygens (including phenoxy) is 2. The van der Waals surface area contributed by atoms with Gasteiger partial charge in [0, 0.05) is 24.9 Å². The number of hydrogen-bond donors (Lipinski definition) is 5. The molecule has 31 heavy (non-hydrogen) atoms. The summed E-state index contributed by atoms with van der Waals surface area (Å²) in [6.07, 6.45) is 3.37. The molecule has 0 fully saturated rings. The molecule has 0 aliphatic carbocycles. The lowest BCUT2D eigenvalue weighted by atomic mass is 10.2. The summed E-state index contributed by atoms with van der Waals surface area (Å²) in [7, 11) is 1.65. The zero-order valence-corrected chi connectivity index (χ0v) is 17.4. The Labute approximate surface area is 183 Å². The number of carboxylic acid groups (broad SMARTS) is 1. The van der Waals surface area contributed by atoms with E-state index in [0.29, 0.717) is 0 Å². The minimum Gasteiger partial charge on any atom is -0.488 e. The number of benzene rings is 1. The Balaban J connectivity index is 2.35. The van der Waals surface area contributed by atoms with E-state index in [1.165, 1.54) is 36.5 Å². The topological polar surface area (TPSA) is 154 Å². The molecule has 11 heteroatoms. The minimum absolute atomic E-state index is 0.0417. The molecule has 0 bridgehead atoms. The first-order chi connectivity index (χ1) is 14.7. The van der Waals surface area contributed by atoms with Gasteiger partial charge in [0.05, 0.1) is 12.2 Å². The number of hydrogen-bond acceptors (Lipinski definition) is 8. The summed E-state index contributed by atoms with van der Waals surface area (Å²) in [5.41, 5.74) is -0.00191. The molecule has 0 radical (unpaired) electrons. The van der Waals surface area contributed by atoms with E-state index in [4.69, 9.17) is 31.6 Å². The summed E-state index contributed by atoms with van der Waals surface area (Å²) in [6.45, 7) is 1.38. The number of carbonyl (C=O) groups is 2. The Bertz CT molecular complexity index is 1010. The smallest absolute Gasteiger partial charge is 0.337 e.